The first-order valence-electron chi connectivity index (χ1n) is 4.83. The number of hydrogen-bond acceptors (Lipinski definition) is 4. The van der Waals surface area contributed by atoms with Gasteiger partial charge in [-0.2, -0.15) is 0 Å². The molecule has 2 aromatic heterocycles. The summed E-state index contributed by atoms with van der Waals surface area (Å²) < 4.78 is 1.92. The second-order valence-electron chi connectivity index (χ2n) is 3.45. The van der Waals surface area contributed by atoms with Gasteiger partial charge in [0.2, 0.25) is 0 Å². The summed E-state index contributed by atoms with van der Waals surface area (Å²) in [5, 5.41) is 18.8. The molecule has 2 heterocycles. The average Bonchev–Trinajstić information content (AvgIpc) is 2.86. The zero-order chi connectivity index (χ0) is 10.7. The Hall–Kier alpha value is -1.20. The highest BCUT2D eigenvalue weighted by molar-refractivity contribution is 7.09. The van der Waals surface area contributed by atoms with Crippen molar-refractivity contribution in [2.45, 2.75) is 26.0 Å². The smallest absolute Gasteiger partial charge is 0.158 e. The van der Waals surface area contributed by atoms with E-state index in [0.717, 1.165) is 6.42 Å². The molecule has 0 bridgehead atoms. The van der Waals surface area contributed by atoms with Crippen molar-refractivity contribution in [1.29, 1.82) is 0 Å². The summed E-state index contributed by atoms with van der Waals surface area (Å²) in [5.41, 5.74) is 0. The minimum Gasteiger partial charge on any atom is -0.388 e. The quantitative estimate of drug-likeness (QED) is 0.857. The maximum absolute atomic E-state index is 9.06. The van der Waals surface area contributed by atoms with Crippen molar-refractivity contribution in [3.8, 4) is 0 Å². The zero-order valence-electron chi connectivity index (χ0n) is 8.50. The van der Waals surface area contributed by atoms with Gasteiger partial charge in [0.05, 0.1) is 0 Å². The number of rotatable bonds is 4. The molecular weight excluding hydrogens is 210 g/mol. The van der Waals surface area contributed by atoms with Gasteiger partial charge >= 0.3 is 0 Å². The van der Waals surface area contributed by atoms with E-state index in [2.05, 4.69) is 28.6 Å². The lowest BCUT2D eigenvalue weighted by Gasteiger charge is -2.13. The van der Waals surface area contributed by atoms with Crippen LogP contribution in [0.4, 0.5) is 0 Å². The Balaban J connectivity index is 2.11. The normalized spacial score (nSPS) is 12.9. The Morgan fingerprint density at radius 3 is 3.13 bits per heavy atom. The first-order chi connectivity index (χ1) is 7.31. The molecule has 0 aliphatic rings. The van der Waals surface area contributed by atoms with Crippen LogP contribution in [0.5, 0.6) is 0 Å². The molecule has 0 spiro atoms. The molecule has 4 nitrogen and oxygen atoms in total. The highest BCUT2D eigenvalue weighted by Gasteiger charge is 2.11. The molecular formula is C10H13N3OS. The van der Waals surface area contributed by atoms with Crippen LogP contribution in [0.15, 0.2) is 23.8 Å². The summed E-state index contributed by atoms with van der Waals surface area (Å²) >= 11 is 1.75. The Morgan fingerprint density at radius 2 is 2.47 bits per heavy atom. The van der Waals surface area contributed by atoms with Crippen molar-refractivity contribution >= 4 is 11.3 Å². The number of nitrogens with zero attached hydrogens (tertiary/aromatic N) is 3. The molecule has 0 radical (unpaired) electrons. The van der Waals surface area contributed by atoms with Crippen molar-refractivity contribution in [2.24, 2.45) is 0 Å². The van der Waals surface area contributed by atoms with Crippen LogP contribution in [0.25, 0.3) is 0 Å². The summed E-state index contributed by atoms with van der Waals surface area (Å²) in [4.78, 5) is 1.33. The summed E-state index contributed by atoms with van der Waals surface area (Å²) in [5.74, 6) is 0.624. The molecule has 2 aromatic rings. The maximum Gasteiger partial charge on any atom is 0.158 e. The summed E-state index contributed by atoms with van der Waals surface area (Å²) in [7, 11) is 0. The van der Waals surface area contributed by atoms with Crippen LogP contribution in [0.3, 0.4) is 0 Å². The first kappa shape index (κ1) is 10.3. The summed E-state index contributed by atoms with van der Waals surface area (Å²) in [6.45, 7) is 2.04. The number of aliphatic hydroxyl groups excluding tert-OH is 1. The molecule has 0 saturated heterocycles. The van der Waals surface area contributed by atoms with Gasteiger partial charge in [-0.05, 0) is 18.4 Å². The lowest BCUT2D eigenvalue weighted by Crippen LogP contribution is -2.10. The van der Waals surface area contributed by atoms with E-state index < -0.39 is 0 Å². The molecule has 5 heteroatoms. The van der Waals surface area contributed by atoms with Crippen LogP contribution >= 0.6 is 11.3 Å². The van der Waals surface area contributed by atoms with E-state index in [1.807, 2.05) is 10.6 Å². The molecule has 0 aliphatic carbocycles. The minimum atomic E-state index is -0.0607. The Kier molecular flexibility index (Phi) is 3.13. The second kappa shape index (κ2) is 4.55. The third kappa shape index (κ3) is 2.24. The molecule has 2 rings (SSSR count). The standard InChI is InChI=1S/C10H13N3OS/c1-8(5-9-3-2-4-15-9)13-7-11-12-10(13)6-14/h2-4,7-8,14H,5-6H2,1H3. The Bertz CT molecular complexity index is 410. The SMILES string of the molecule is CC(Cc1cccs1)n1cnnc1CO. The molecule has 0 amide bonds. The predicted molar refractivity (Wildman–Crippen MR) is 58.7 cm³/mol. The fraction of sp³-hybridized carbons (Fsp3) is 0.400. The number of aromatic nitrogens is 3. The van der Waals surface area contributed by atoms with E-state index in [1.165, 1.54) is 4.88 Å². The molecule has 1 atom stereocenters. The van der Waals surface area contributed by atoms with Crippen molar-refractivity contribution in [3.63, 3.8) is 0 Å². The van der Waals surface area contributed by atoms with Gasteiger partial charge in [0, 0.05) is 17.3 Å². The third-order valence-corrected chi connectivity index (χ3v) is 3.24. The molecule has 1 N–H and O–H groups in total. The molecule has 15 heavy (non-hydrogen) atoms. The van der Waals surface area contributed by atoms with Gasteiger partial charge in [0.25, 0.3) is 0 Å². The predicted octanol–water partition coefficient (Wildman–Crippen LogP) is 1.64. The summed E-state index contributed by atoms with van der Waals surface area (Å²) in [6, 6.07) is 4.44. The average molecular weight is 223 g/mol. The summed E-state index contributed by atoms with van der Waals surface area (Å²) in [6.07, 6.45) is 2.62. The van der Waals surface area contributed by atoms with Crippen LogP contribution < -0.4 is 0 Å². The first-order valence-corrected chi connectivity index (χ1v) is 5.71. The monoisotopic (exact) mass is 223 g/mol. The van der Waals surface area contributed by atoms with E-state index in [-0.39, 0.29) is 12.6 Å². The van der Waals surface area contributed by atoms with Gasteiger partial charge in [-0.1, -0.05) is 6.07 Å². The fourth-order valence-corrected chi connectivity index (χ4v) is 2.39. The third-order valence-electron chi connectivity index (χ3n) is 2.34. The lowest BCUT2D eigenvalue weighted by atomic mass is 10.2. The van der Waals surface area contributed by atoms with E-state index in [1.54, 1.807) is 17.7 Å². The van der Waals surface area contributed by atoms with Crippen LogP contribution in [0.2, 0.25) is 0 Å². The lowest BCUT2D eigenvalue weighted by molar-refractivity contribution is 0.261. The number of thiophene rings is 1. The van der Waals surface area contributed by atoms with E-state index in [9.17, 15) is 0 Å². The fourth-order valence-electron chi connectivity index (χ4n) is 1.57. The molecule has 0 fully saturated rings. The minimum absolute atomic E-state index is 0.0607. The molecule has 0 aliphatic heterocycles. The second-order valence-corrected chi connectivity index (χ2v) is 4.48. The zero-order valence-corrected chi connectivity index (χ0v) is 9.31. The van der Waals surface area contributed by atoms with E-state index in [0.29, 0.717) is 5.82 Å². The van der Waals surface area contributed by atoms with E-state index >= 15 is 0 Å². The van der Waals surface area contributed by atoms with Crippen molar-refractivity contribution < 1.29 is 5.11 Å². The molecule has 0 aromatic carbocycles. The van der Waals surface area contributed by atoms with Crippen LogP contribution in [0, 0.1) is 0 Å². The number of hydrogen-bond donors (Lipinski definition) is 1. The van der Waals surface area contributed by atoms with Gasteiger partial charge in [-0.15, -0.1) is 21.5 Å². The topological polar surface area (TPSA) is 50.9 Å². The van der Waals surface area contributed by atoms with Gasteiger partial charge in [-0.25, -0.2) is 0 Å². The highest BCUT2D eigenvalue weighted by Crippen LogP contribution is 2.18. The molecule has 0 saturated carbocycles. The van der Waals surface area contributed by atoms with Crippen molar-refractivity contribution in [1.82, 2.24) is 14.8 Å². The van der Waals surface area contributed by atoms with Crippen molar-refractivity contribution in [2.75, 3.05) is 0 Å². The molecule has 1 unspecified atom stereocenters. The van der Waals surface area contributed by atoms with Gasteiger partial charge < -0.3 is 9.67 Å². The maximum atomic E-state index is 9.06. The van der Waals surface area contributed by atoms with Crippen LogP contribution in [-0.4, -0.2) is 19.9 Å². The van der Waals surface area contributed by atoms with Gasteiger partial charge in [0.1, 0.15) is 12.9 Å². The van der Waals surface area contributed by atoms with Gasteiger partial charge in [0.15, 0.2) is 5.82 Å². The highest BCUT2D eigenvalue weighted by atomic mass is 32.1. The van der Waals surface area contributed by atoms with E-state index in [4.69, 9.17) is 5.11 Å². The van der Waals surface area contributed by atoms with Crippen LogP contribution in [-0.2, 0) is 13.0 Å². The van der Waals surface area contributed by atoms with Crippen LogP contribution in [0.1, 0.15) is 23.7 Å². The Morgan fingerprint density at radius 1 is 1.60 bits per heavy atom. The molecule has 80 valence electrons. The van der Waals surface area contributed by atoms with Crippen molar-refractivity contribution in [3.05, 3.63) is 34.5 Å². The largest absolute Gasteiger partial charge is 0.388 e. The Labute approximate surface area is 92.2 Å². The number of aliphatic hydroxyl groups is 1. The van der Waals surface area contributed by atoms with Gasteiger partial charge in [-0.3, -0.25) is 0 Å².